The Morgan fingerprint density at radius 1 is 0.423 bits per heavy atom. The van der Waals surface area contributed by atoms with Crippen LogP contribution in [0.5, 0.6) is 0 Å². The zero-order valence-electron chi connectivity index (χ0n) is 15.4. The molecule has 0 N–H and O–H groups in total. The van der Waals surface area contributed by atoms with E-state index in [-0.39, 0.29) is 0 Å². The van der Waals surface area contributed by atoms with E-state index in [1.54, 1.807) is 25.4 Å². The minimum Gasteiger partial charge on any atom is -0.113 e. The molecule has 0 nitrogen and oxygen atoms in total. The summed E-state index contributed by atoms with van der Waals surface area (Å²) in [5.74, 6) is 0. The van der Waals surface area contributed by atoms with Crippen molar-refractivity contribution in [3.05, 3.63) is 25.4 Å². The number of thioether (sulfide) groups is 8. The predicted molar refractivity (Wildman–Crippen MR) is 138 cm³/mol. The van der Waals surface area contributed by atoms with Crippen LogP contribution in [0.4, 0.5) is 0 Å². The first-order valence-corrected chi connectivity index (χ1v) is 16.1. The van der Waals surface area contributed by atoms with Crippen LogP contribution in [0, 0.1) is 0 Å². The monoisotopic (exact) mass is 496 g/mol. The van der Waals surface area contributed by atoms with Crippen molar-refractivity contribution < 1.29 is 0 Å². The third-order valence-electron chi connectivity index (χ3n) is 4.71. The summed E-state index contributed by atoms with van der Waals surface area (Å²) in [5, 5.41) is 3.16. The van der Waals surface area contributed by atoms with Crippen molar-refractivity contribution in [2.24, 2.45) is 0 Å². The van der Waals surface area contributed by atoms with Gasteiger partial charge in [0.25, 0.3) is 0 Å². The van der Waals surface area contributed by atoms with E-state index in [9.17, 15) is 0 Å². The Kier molecular flexibility index (Phi) is 7.72. The maximum Gasteiger partial charge on any atom is 0.0717 e. The van der Waals surface area contributed by atoms with Gasteiger partial charge in [-0.25, -0.2) is 0 Å². The summed E-state index contributed by atoms with van der Waals surface area (Å²) in [6.07, 6.45) is 5.14. The Hall–Kier alpha value is 2.02. The minimum absolute atomic E-state index is 0.790. The van der Waals surface area contributed by atoms with Gasteiger partial charge in [-0.1, -0.05) is 74.7 Å². The second kappa shape index (κ2) is 9.44. The Balaban J connectivity index is 1.47. The van der Waals surface area contributed by atoms with Gasteiger partial charge < -0.3 is 0 Å². The maximum absolute atomic E-state index is 2.35. The molecule has 0 aromatic rings. The van der Waals surface area contributed by atoms with Crippen LogP contribution in [0.2, 0.25) is 0 Å². The van der Waals surface area contributed by atoms with E-state index in [2.05, 4.69) is 122 Å². The third kappa shape index (κ3) is 4.23. The molecular weight excluding hydrogens is 473 g/mol. The van der Waals surface area contributed by atoms with Crippen molar-refractivity contribution in [3.63, 3.8) is 0 Å². The van der Waals surface area contributed by atoms with E-state index >= 15 is 0 Å². The first kappa shape index (κ1) is 21.3. The Morgan fingerprint density at radius 2 is 0.654 bits per heavy atom. The van der Waals surface area contributed by atoms with Crippen LogP contribution in [0.15, 0.2) is 25.4 Å². The summed E-state index contributed by atoms with van der Waals surface area (Å²) in [6, 6.07) is 0. The second-order valence-electron chi connectivity index (χ2n) is 6.39. The molecule has 0 spiro atoms. The van der Waals surface area contributed by atoms with Gasteiger partial charge in [-0.15, -0.1) is 47.0 Å². The Bertz CT molecular complexity index is 556. The molecule has 0 unspecified atom stereocenters. The average molecular weight is 497 g/mol. The second-order valence-corrected chi connectivity index (χ2v) is 17.0. The summed E-state index contributed by atoms with van der Waals surface area (Å²) in [5.41, 5.74) is 0. The lowest BCUT2D eigenvalue weighted by atomic mass is 10.2. The summed E-state index contributed by atoms with van der Waals surface area (Å²) < 4.78 is 9.44. The SMILES string of the molecule is CC[C@@H]1SC2=C(SC(=C3SC4=C(S3)S[C@@H](CC)[C@H](CC)S4)S2)S[C@H]1CC. The summed E-state index contributed by atoms with van der Waals surface area (Å²) in [6.45, 7) is 9.40. The highest BCUT2D eigenvalue weighted by Crippen LogP contribution is 2.70. The van der Waals surface area contributed by atoms with Gasteiger partial charge in [-0.3, -0.25) is 0 Å². The predicted octanol–water partition coefficient (Wildman–Crippen LogP) is 9.40. The van der Waals surface area contributed by atoms with E-state index in [4.69, 9.17) is 0 Å². The lowest BCUT2D eigenvalue weighted by molar-refractivity contribution is 0.739. The van der Waals surface area contributed by atoms with Gasteiger partial charge in [-0.2, -0.15) is 0 Å². The normalized spacial score (nSPS) is 34.6. The van der Waals surface area contributed by atoms with Crippen LogP contribution in [0.1, 0.15) is 53.4 Å². The van der Waals surface area contributed by atoms with Crippen LogP contribution >= 0.6 is 94.1 Å². The minimum atomic E-state index is 0.790. The van der Waals surface area contributed by atoms with Crippen molar-refractivity contribution in [1.82, 2.24) is 0 Å². The van der Waals surface area contributed by atoms with Gasteiger partial charge >= 0.3 is 0 Å². The topological polar surface area (TPSA) is 0 Å². The summed E-state index contributed by atoms with van der Waals surface area (Å²) >= 11 is 16.9. The summed E-state index contributed by atoms with van der Waals surface area (Å²) in [4.78, 5) is 0. The van der Waals surface area contributed by atoms with E-state index < -0.39 is 0 Å². The van der Waals surface area contributed by atoms with Gasteiger partial charge in [0.15, 0.2) is 0 Å². The van der Waals surface area contributed by atoms with Gasteiger partial charge in [0.05, 0.1) is 25.4 Å². The number of hydrogen-bond acceptors (Lipinski definition) is 8. The van der Waals surface area contributed by atoms with Gasteiger partial charge in [0.2, 0.25) is 0 Å². The Morgan fingerprint density at radius 3 is 0.846 bits per heavy atom. The fraction of sp³-hybridized carbons (Fsp3) is 0.667. The molecule has 0 amide bonds. The average Bonchev–Trinajstić information content (AvgIpc) is 3.28. The standard InChI is InChI=1S/C18H24S8/c1-5-9-10(6-2)20-14-13(19-9)23-17(24-14)18-25-15-16(26-18)22-12(8-4)11(7-3)21-15/h9-12H,5-8H2,1-4H3/t9-,10-,11-,12-/m0/s1. The van der Waals surface area contributed by atoms with Crippen LogP contribution in [-0.4, -0.2) is 21.0 Å². The largest absolute Gasteiger partial charge is 0.113 e. The zero-order chi connectivity index (χ0) is 18.3. The van der Waals surface area contributed by atoms with Gasteiger partial charge in [0.1, 0.15) is 0 Å². The molecule has 4 aliphatic rings. The fourth-order valence-electron chi connectivity index (χ4n) is 3.24. The quantitative estimate of drug-likeness (QED) is 0.372. The van der Waals surface area contributed by atoms with Crippen molar-refractivity contribution in [1.29, 1.82) is 0 Å². The molecule has 0 saturated carbocycles. The van der Waals surface area contributed by atoms with E-state index in [0.29, 0.717) is 0 Å². The smallest absolute Gasteiger partial charge is 0.0717 e. The molecule has 8 heteroatoms. The number of rotatable bonds is 4. The molecule has 4 atom stereocenters. The number of hydrogen-bond donors (Lipinski definition) is 0. The van der Waals surface area contributed by atoms with Crippen molar-refractivity contribution in [2.45, 2.75) is 74.4 Å². The molecule has 26 heavy (non-hydrogen) atoms. The van der Waals surface area contributed by atoms with Crippen molar-refractivity contribution in [3.8, 4) is 0 Å². The van der Waals surface area contributed by atoms with Crippen molar-refractivity contribution in [2.75, 3.05) is 0 Å². The molecule has 0 aromatic carbocycles. The fourth-order valence-corrected chi connectivity index (χ4v) is 17.1. The first-order valence-electron chi connectivity index (χ1n) is 9.27. The first-order chi connectivity index (χ1) is 12.7. The molecule has 4 heterocycles. The summed E-state index contributed by atoms with van der Waals surface area (Å²) in [7, 11) is 0. The highest BCUT2D eigenvalue weighted by molar-refractivity contribution is 8.45. The molecule has 0 bridgehead atoms. The molecule has 144 valence electrons. The lowest BCUT2D eigenvalue weighted by Crippen LogP contribution is -2.20. The van der Waals surface area contributed by atoms with Gasteiger partial charge in [-0.05, 0) is 25.7 Å². The Labute approximate surface area is 192 Å². The van der Waals surface area contributed by atoms with Crippen LogP contribution in [-0.2, 0) is 0 Å². The maximum atomic E-state index is 2.35. The van der Waals surface area contributed by atoms with E-state index in [0.717, 1.165) is 21.0 Å². The lowest BCUT2D eigenvalue weighted by Gasteiger charge is -2.28. The third-order valence-corrected chi connectivity index (χ3v) is 18.4. The molecule has 0 fully saturated rings. The molecule has 0 aliphatic carbocycles. The molecule has 0 saturated heterocycles. The highest BCUT2D eigenvalue weighted by atomic mass is 32.3. The molecular formula is C18H24S8. The van der Waals surface area contributed by atoms with Gasteiger partial charge in [0, 0.05) is 21.0 Å². The van der Waals surface area contributed by atoms with Crippen LogP contribution in [0.3, 0.4) is 0 Å². The molecule has 0 radical (unpaired) electrons. The zero-order valence-corrected chi connectivity index (χ0v) is 21.9. The highest BCUT2D eigenvalue weighted by Gasteiger charge is 2.39. The molecule has 4 aliphatic heterocycles. The van der Waals surface area contributed by atoms with E-state index in [1.165, 1.54) is 25.7 Å². The van der Waals surface area contributed by atoms with Crippen molar-refractivity contribution >= 4 is 94.1 Å². The van der Waals surface area contributed by atoms with Crippen LogP contribution in [0.25, 0.3) is 0 Å². The van der Waals surface area contributed by atoms with Crippen LogP contribution < -0.4 is 0 Å². The molecule has 4 rings (SSSR count). The molecule has 0 aromatic heterocycles. The van der Waals surface area contributed by atoms with E-state index in [1.807, 2.05) is 0 Å².